The van der Waals surface area contributed by atoms with Crippen LogP contribution in [0.1, 0.15) is 24.2 Å². The van der Waals surface area contributed by atoms with Crippen LogP contribution in [-0.4, -0.2) is 48.2 Å². The summed E-state index contributed by atoms with van der Waals surface area (Å²) in [5, 5.41) is 5.34. The molecule has 0 aliphatic rings. The first-order chi connectivity index (χ1) is 14.3. The van der Waals surface area contributed by atoms with E-state index in [9.17, 15) is 19.2 Å². The molecular formula is C21H24N4O5. The Morgan fingerprint density at radius 1 is 0.933 bits per heavy atom. The van der Waals surface area contributed by atoms with Gasteiger partial charge in [0.2, 0.25) is 17.7 Å². The van der Waals surface area contributed by atoms with Gasteiger partial charge in [0, 0.05) is 30.4 Å². The first kappa shape index (κ1) is 22.4. The van der Waals surface area contributed by atoms with Crippen molar-refractivity contribution in [3.05, 3.63) is 54.1 Å². The number of rotatable bonds is 9. The van der Waals surface area contributed by atoms with Crippen molar-refractivity contribution in [2.24, 2.45) is 5.73 Å². The van der Waals surface area contributed by atoms with Gasteiger partial charge in [-0.25, -0.2) is 0 Å². The van der Waals surface area contributed by atoms with Crippen molar-refractivity contribution in [1.82, 2.24) is 4.90 Å². The number of amides is 4. The van der Waals surface area contributed by atoms with Crippen molar-refractivity contribution in [3.8, 4) is 5.75 Å². The molecule has 0 fully saturated rings. The lowest BCUT2D eigenvalue weighted by atomic mass is 10.2. The van der Waals surface area contributed by atoms with E-state index in [4.69, 9.17) is 10.5 Å². The topological polar surface area (TPSA) is 131 Å². The molecule has 2 rings (SSSR count). The molecule has 0 aliphatic carbocycles. The van der Waals surface area contributed by atoms with Crippen LogP contribution in [-0.2, 0) is 14.4 Å². The number of nitrogens with two attached hydrogens (primary N) is 1. The van der Waals surface area contributed by atoms with Crippen molar-refractivity contribution < 1.29 is 23.9 Å². The zero-order chi connectivity index (χ0) is 22.1. The number of hydrogen-bond donors (Lipinski definition) is 3. The van der Waals surface area contributed by atoms with E-state index in [2.05, 4.69) is 10.6 Å². The fourth-order valence-electron chi connectivity index (χ4n) is 2.54. The summed E-state index contributed by atoms with van der Waals surface area (Å²) in [5.41, 5.74) is 6.68. The third kappa shape index (κ3) is 6.93. The van der Waals surface area contributed by atoms with Crippen molar-refractivity contribution >= 4 is 35.0 Å². The highest BCUT2D eigenvalue weighted by molar-refractivity contribution is 5.95. The number of benzene rings is 2. The molecule has 0 spiro atoms. The zero-order valence-corrected chi connectivity index (χ0v) is 16.8. The molecule has 0 aliphatic heterocycles. The van der Waals surface area contributed by atoms with Crippen LogP contribution in [0.25, 0.3) is 0 Å². The molecule has 158 valence electrons. The van der Waals surface area contributed by atoms with Crippen LogP contribution < -0.4 is 21.1 Å². The van der Waals surface area contributed by atoms with Gasteiger partial charge in [-0.05, 0) is 55.5 Å². The second kappa shape index (κ2) is 10.6. The Kier molecular flexibility index (Phi) is 7.92. The summed E-state index contributed by atoms with van der Waals surface area (Å²) in [6.07, 6.45) is 0. The second-order valence-electron chi connectivity index (χ2n) is 6.39. The Balaban J connectivity index is 1.85. The quantitative estimate of drug-likeness (QED) is 0.576. The van der Waals surface area contributed by atoms with Gasteiger partial charge in [-0.2, -0.15) is 0 Å². The van der Waals surface area contributed by atoms with E-state index in [1.165, 1.54) is 24.0 Å². The first-order valence-electron chi connectivity index (χ1n) is 9.26. The molecule has 0 aromatic heterocycles. The Bertz CT molecular complexity index is 910. The van der Waals surface area contributed by atoms with Crippen LogP contribution in [0, 0.1) is 0 Å². The molecular weight excluding hydrogens is 388 g/mol. The molecule has 0 saturated heterocycles. The van der Waals surface area contributed by atoms with Gasteiger partial charge in [0.15, 0.2) is 6.61 Å². The molecule has 0 heterocycles. The van der Waals surface area contributed by atoms with Crippen LogP contribution in [0.15, 0.2) is 48.5 Å². The van der Waals surface area contributed by atoms with Crippen LogP contribution in [0.3, 0.4) is 0 Å². The molecule has 2 aromatic carbocycles. The van der Waals surface area contributed by atoms with Crippen LogP contribution >= 0.6 is 0 Å². The standard InChI is InChI=1S/C21H24N4O5/c1-3-25(20(28)13-30-18-10-4-15(5-11-18)21(22)29)12-19(27)24-17-8-6-16(7-9-17)23-14(2)26/h4-11H,3,12-13H2,1-2H3,(H2,22,29)(H,23,26)(H,24,27). The average molecular weight is 412 g/mol. The van der Waals surface area contributed by atoms with Gasteiger partial charge >= 0.3 is 0 Å². The highest BCUT2D eigenvalue weighted by Gasteiger charge is 2.16. The summed E-state index contributed by atoms with van der Waals surface area (Å²) in [4.78, 5) is 48.1. The molecule has 30 heavy (non-hydrogen) atoms. The summed E-state index contributed by atoms with van der Waals surface area (Å²) in [6.45, 7) is 3.12. The number of carbonyl (C=O) groups is 4. The monoisotopic (exact) mass is 412 g/mol. The summed E-state index contributed by atoms with van der Waals surface area (Å²) >= 11 is 0. The van der Waals surface area contributed by atoms with E-state index >= 15 is 0 Å². The fourth-order valence-corrected chi connectivity index (χ4v) is 2.54. The maximum Gasteiger partial charge on any atom is 0.260 e. The minimum atomic E-state index is -0.550. The lowest BCUT2D eigenvalue weighted by molar-refractivity contribution is -0.136. The predicted octanol–water partition coefficient (Wildman–Crippen LogP) is 1.61. The second-order valence-corrected chi connectivity index (χ2v) is 6.39. The Labute approximate surface area is 174 Å². The van der Waals surface area contributed by atoms with Crippen LogP contribution in [0.2, 0.25) is 0 Å². The Morgan fingerprint density at radius 3 is 2.00 bits per heavy atom. The predicted molar refractivity (Wildman–Crippen MR) is 112 cm³/mol. The van der Waals surface area contributed by atoms with Crippen LogP contribution in [0.4, 0.5) is 11.4 Å². The van der Waals surface area contributed by atoms with Crippen molar-refractivity contribution in [2.45, 2.75) is 13.8 Å². The Morgan fingerprint density at radius 2 is 1.50 bits per heavy atom. The summed E-state index contributed by atoms with van der Waals surface area (Å²) in [6, 6.07) is 12.7. The maximum absolute atomic E-state index is 12.4. The van der Waals surface area contributed by atoms with Gasteiger partial charge in [0.25, 0.3) is 5.91 Å². The largest absolute Gasteiger partial charge is 0.484 e. The van der Waals surface area contributed by atoms with Gasteiger partial charge in [0.05, 0.1) is 6.54 Å². The highest BCUT2D eigenvalue weighted by atomic mass is 16.5. The molecule has 4 N–H and O–H groups in total. The van der Waals surface area contributed by atoms with E-state index in [1.807, 2.05) is 0 Å². The molecule has 2 aromatic rings. The minimum absolute atomic E-state index is 0.132. The highest BCUT2D eigenvalue weighted by Crippen LogP contribution is 2.14. The van der Waals surface area contributed by atoms with Crippen molar-refractivity contribution in [1.29, 1.82) is 0 Å². The number of primary amides is 1. The third-order valence-corrected chi connectivity index (χ3v) is 4.06. The fraction of sp³-hybridized carbons (Fsp3) is 0.238. The molecule has 0 radical (unpaired) electrons. The van der Waals surface area contributed by atoms with Gasteiger partial charge < -0.3 is 26.0 Å². The minimum Gasteiger partial charge on any atom is -0.484 e. The van der Waals surface area contributed by atoms with Crippen molar-refractivity contribution in [2.75, 3.05) is 30.3 Å². The molecule has 0 unspecified atom stereocenters. The smallest absolute Gasteiger partial charge is 0.260 e. The molecule has 0 saturated carbocycles. The SMILES string of the molecule is CCN(CC(=O)Nc1ccc(NC(C)=O)cc1)C(=O)COc1ccc(C(N)=O)cc1. The number of carbonyl (C=O) groups excluding carboxylic acids is 4. The van der Waals surface area contributed by atoms with Crippen LogP contribution in [0.5, 0.6) is 5.75 Å². The van der Waals surface area contributed by atoms with Crippen molar-refractivity contribution in [3.63, 3.8) is 0 Å². The average Bonchev–Trinajstić information content (AvgIpc) is 2.71. The van der Waals surface area contributed by atoms with E-state index < -0.39 is 5.91 Å². The molecule has 0 bridgehead atoms. The summed E-state index contributed by atoms with van der Waals surface area (Å²) in [7, 11) is 0. The number of nitrogens with one attached hydrogen (secondary N) is 2. The molecule has 9 heteroatoms. The normalized spacial score (nSPS) is 10.1. The number of likely N-dealkylation sites (N-methyl/N-ethyl adjacent to an activating group) is 1. The van der Waals surface area contributed by atoms with E-state index in [1.54, 1.807) is 43.3 Å². The van der Waals surface area contributed by atoms with Gasteiger partial charge in [0.1, 0.15) is 5.75 Å². The van der Waals surface area contributed by atoms with E-state index in [0.717, 1.165) is 0 Å². The van der Waals surface area contributed by atoms with E-state index in [0.29, 0.717) is 29.2 Å². The first-order valence-corrected chi connectivity index (χ1v) is 9.26. The number of hydrogen-bond acceptors (Lipinski definition) is 5. The zero-order valence-electron chi connectivity index (χ0n) is 16.8. The molecule has 0 atom stereocenters. The van der Waals surface area contributed by atoms with Gasteiger partial charge in [-0.1, -0.05) is 0 Å². The Hall–Kier alpha value is -3.88. The molecule has 4 amide bonds. The summed E-state index contributed by atoms with van der Waals surface area (Å²) < 4.78 is 5.42. The number of nitrogens with zero attached hydrogens (tertiary/aromatic N) is 1. The van der Waals surface area contributed by atoms with Gasteiger partial charge in [-0.3, -0.25) is 19.2 Å². The number of ether oxygens (including phenoxy) is 1. The summed E-state index contributed by atoms with van der Waals surface area (Å²) in [5.74, 6) is -1.04. The van der Waals surface area contributed by atoms with Gasteiger partial charge in [-0.15, -0.1) is 0 Å². The maximum atomic E-state index is 12.4. The number of anilines is 2. The third-order valence-electron chi connectivity index (χ3n) is 4.06. The molecule has 9 nitrogen and oxygen atoms in total. The lowest BCUT2D eigenvalue weighted by Crippen LogP contribution is -2.40. The van der Waals surface area contributed by atoms with E-state index in [-0.39, 0.29) is 30.9 Å². The lowest BCUT2D eigenvalue weighted by Gasteiger charge is -2.20.